The molecule has 1 aromatic rings. The van der Waals surface area contributed by atoms with Crippen molar-refractivity contribution in [2.45, 2.75) is 31.5 Å². The summed E-state index contributed by atoms with van der Waals surface area (Å²) in [4.78, 5) is 18.1. The fourth-order valence-corrected chi connectivity index (χ4v) is 3.43. The van der Waals surface area contributed by atoms with E-state index in [4.69, 9.17) is 4.74 Å². The Bertz CT molecular complexity index is 595. The molecular formula is C17H22F3N3O2. The maximum Gasteiger partial charge on any atom is 0.418 e. The maximum absolute atomic E-state index is 13.0. The minimum Gasteiger partial charge on any atom is -0.381 e. The Hall–Kier alpha value is -1.67. The van der Waals surface area contributed by atoms with Crippen LogP contribution in [0.5, 0.6) is 0 Å². The summed E-state index contributed by atoms with van der Waals surface area (Å²) in [7, 11) is 0. The highest BCUT2D eigenvalue weighted by Gasteiger charge is 2.36. The molecule has 0 aliphatic carbocycles. The molecule has 3 rings (SSSR count). The van der Waals surface area contributed by atoms with Gasteiger partial charge in [-0.1, -0.05) is 0 Å². The van der Waals surface area contributed by atoms with Gasteiger partial charge in [0.1, 0.15) is 0 Å². The van der Waals surface area contributed by atoms with Crippen LogP contribution in [-0.2, 0) is 10.9 Å². The van der Waals surface area contributed by atoms with E-state index in [-0.39, 0.29) is 11.6 Å². The Kier molecular flexibility index (Phi) is 5.58. The van der Waals surface area contributed by atoms with Crippen LogP contribution in [0.4, 0.5) is 13.2 Å². The van der Waals surface area contributed by atoms with Crippen LogP contribution in [0.25, 0.3) is 0 Å². The van der Waals surface area contributed by atoms with E-state index in [9.17, 15) is 18.0 Å². The Labute approximate surface area is 144 Å². The molecule has 5 nitrogen and oxygen atoms in total. The van der Waals surface area contributed by atoms with Crippen molar-refractivity contribution < 1.29 is 22.7 Å². The lowest BCUT2D eigenvalue weighted by Gasteiger charge is -2.33. The van der Waals surface area contributed by atoms with E-state index in [2.05, 4.69) is 15.2 Å². The summed E-state index contributed by atoms with van der Waals surface area (Å²) in [6.07, 6.45) is -0.123. The molecule has 0 aromatic carbocycles. The van der Waals surface area contributed by atoms with Crippen LogP contribution in [0.1, 0.15) is 35.2 Å². The molecule has 2 aliphatic rings. The molecule has 0 saturated carbocycles. The Morgan fingerprint density at radius 3 is 2.72 bits per heavy atom. The number of halogens is 3. The number of likely N-dealkylation sites (tertiary alicyclic amines) is 1. The molecule has 2 fully saturated rings. The molecule has 1 N–H and O–H groups in total. The maximum atomic E-state index is 13.0. The lowest BCUT2D eigenvalue weighted by molar-refractivity contribution is -0.138. The zero-order chi connectivity index (χ0) is 17.9. The van der Waals surface area contributed by atoms with Crippen molar-refractivity contribution >= 4 is 5.91 Å². The first-order valence-corrected chi connectivity index (χ1v) is 8.55. The fraction of sp³-hybridized carbons (Fsp3) is 0.647. The average molecular weight is 357 g/mol. The Morgan fingerprint density at radius 1 is 1.32 bits per heavy atom. The van der Waals surface area contributed by atoms with Crippen LogP contribution in [0.15, 0.2) is 18.5 Å². The lowest BCUT2D eigenvalue weighted by atomic mass is 10.0. The van der Waals surface area contributed by atoms with Gasteiger partial charge >= 0.3 is 6.18 Å². The number of piperidine rings is 1. The summed E-state index contributed by atoms with van der Waals surface area (Å²) < 4.78 is 44.4. The van der Waals surface area contributed by atoms with Gasteiger partial charge in [-0.2, -0.15) is 13.2 Å². The molecule has 25 heavy (non-hydrogen) atoms. The minimum absolute atomic E-state index is 0.0992. The molecule has 2 aliphatic heterocycles. The molecule has 1 amide bonds. The minimum atomic E-state index is -4.59. The summed E-state index contributed by atoms with van der Waals surface area (Å²) in [6.45, 7) is 4.29. The van der Waals surface area contributed by atoms with Crippen LogP contribution >= 0.6 is 0 Å². The topological polar surface area (TPSA) is 54.5 Å². The van der Waals surface area contributed by atoms with Gasteiger partial charge in [0, 0.05) is 44.7 Å². The first-order valence-electron chi connectivity index (χ1n) is 8.55. The number of hydrogen-bond acceptors (Lipinski definition) is 4. The second kappa shape index (κ2) is 7.70. The van der Waals surface area contributed by atoms with E-state index >= 15 is 0 Å². The second-order valence-electron chi connectivity index (χ2n) is 6.70. The number of alkyl halides is 3. The normalized spacial score (nSPS) is 22.9. The molecule has 0 bridgehead atoms. The number of pyridine rings is 1. The van der Waals surface area contributed by atoms with Crippen molar-refractivity contribution in [2.75, 3.05) is 32.8 Å². The molecule has 2 saturated heterocycles. The molecular weight excluding hydrogens is 335 g/mol. The number of rotatable bonds is 4. The molecule has 0 radical (unpaired) electrons. The number of nitrogens with one attached hydrogen (secondary N) is 1. The summed E-state index contributed by atoms with van der Waals surface area (Å²) in [5.41, 5.74) is -1.36. The molecule has 3 heterocycles. The largest absolute Gasteiger partial charge is 0.418 e. The number of aromatic nitrogens is 1. The van der Waals surface area contributed by atoms with Crippen LogP contribution < -0.4 is 5.32 Å². The summed E-state index contributed by atoms with van der Waals surface area (Å²) >= 11 is 0. The zero-order valence-electron chi connectivity index (χ0n) is 13.9. The first-order chi connectivity index (χ1) is 11.9. The second-order valence-corrected chi connectivity index (χ2v) is 6.70. The van der Waals surface area contributed by atoms with Crippen molar-refractivity contribution in [3.05, 3.63) is 29.6 Å². The van der Waals surface area contributed by atoms with Crippen LogP contribution in [0.2, 0.25) is 0 Å². The number of ether oxygens (including phenoxy) is 1. The van der Waals surface area contributed by atoms with E-state index in [1.807, 2.05) is 0 Å². The molecule has 1 atom stereocenters. The highest BCUT2D eigenvalue weighted by atomic mass is 19.4. The molecule has 8 heteroatoms. The average Bonchev–Trinajstić information content (AvgIpc) is 3.09. The highest BCUT2D eigenvalue weighted by molar-refractivity contribution is 5.95. The first kappa shape index (κ1) is 18.1. The van der Waals surface area contributed by atoms with Gasteiger partial charge in [0.15, 0.2) is 0 Å². The standard InChI is InChI=1S/C17H22F3N3O2/c18-17(19,20)15-9-21-5-1-14(15)16(24)22-13-2-6-23(7-3-13)10-12-4-8-25-11-12/h1,5,9,12-13H,2-4,6-8,10-11H2,(H,22,24). The SMILES string of the molecule is O=C(NC1CCN(CC2CCOC2)CC1)c1ccncc1C(F)(F)F. The van der Waals surface area contributed by atoms with E-state index in [1.54, 1.807) is 0 Å². The highest BCUT2D eigenvalue weighted by Crippen LogP contribution is 2.31. The third kappa shape index (κ3) is 4.70. The zero-order valence-corrected chi connectivity index (χ0v) is 13.9. The molecule has 0 spiro atoms. The third-order valence-electron chi connectivity index (χ3n) is 4.83. The van der Waals surface area contributed by atoms with Crippen molar-refractivity contribution in [3.8, 4) is 0 Å². The van der Waals surface area contributed by atoms with Crippen molar-refractivity contribution in [2.24, 2.45) is 5.92 Å². The van der Waals surface area contributed by atoms with Crippen LogP contribution in [-0.4, -0.2) is 54.7 Å². The third-order valence-corrected chi connectivity index (χ3v) is 4.83. The number of carbonyl (C=O) groups excluding carboxylic acids is 1. The Morgan fingerprint density at radius 2 is 2.08 bits per heavy atom. The lowest BCUT2D eigenvalue weighted by Crippen LogP contribution is -2.46. The van der Waals surface area contributed by atoms with E-state index in [1.165, 1.54) is 6.20 Å². The van der Waals surface area contributed by atoms with Crippen molar-refractivity contribution in [1.29, 1.82) is 0 Å². The quantitative estimate of drug-likeness (QED) is 0.899. The van der Waals surface area contributed by atoms with E-state index in [0.29, 0.717) is 12.1 Å². The number of nitrogens with zero attached hydrogens (tertiary/aromatic N) is 2. The Balaban J connectivity index is 1.53. The van der Waals surface area contributed by atoms with Crippen LogP contribution in [0, 0.1) is 5.92 Å². The fourth-order valence-electron chi connectivity index (χ4n) is 3.43. The van der Waals surface area contributed by atoms with Crippen LogP contribution in [0.3, 0.4) is 0 Å². The van der Waals surface area contributed by atoms with E-state index < -0.39 is 17.6 Å². The van der Waals surface area contributed by atoms with Gasteiger partial charge in [-0.05, 0) is 31.2 Å². The monoisotopic (exact) mass is 357 g/mol. The van der Waals surface area contributed by atoms with Gasteiger partial charge in [0.2, 0.25) is 0 Å². The van der Waals surface area contributed by atoms with Gasteiger partial charge < -0.3 is 15.0 Å². The van der Waals surface area contributed by atoms with Gasteiger partial charge in [-0.25, -0.2) is 0 Å². The number of amides is 1. The van der Waals surface area contributed by atoms with Gasteiger partial charge in [-0.15, -0.1) is 0 Å². The predicted molar refractivity (Wildman–Crippen MR) is 85.1 cm³/mol. The van der Waals surface area contributed by atoms with Gasteiger partial charge in [0.05, 0.1) is 17.7 Å². The number of carbonyl (C=O) groups is 1. The molecule has 1 aromatic heterocycles. The molecule has 1 unspecified atom stereocenters. The van der Waals surface area contributed by atoms with E-state index in [0.717, 1.165) is 58.2 Å². The number of hydrogen-bond donors (Lipinski definition) is 1. The summed E-state index contributed by atoms with van der Waals surface area (Å²) in [6, 6.07) is 1.02. The summed E-state index contributed by atoms with van der Waals surface area (Å²) in [5, 5.41) is 2.74. The predicted octanol–water partition coefficient (Wildman–Crippen LogP) is 2.33. The van der Waals surface area contributed by atoms with Gasteiger partial charge in [-0.3, -0.25) is 9.78 Å². The van der Waals surface area contributed by atoms with Crippen molar-refractivity contribution in [1.82, 2.24) is 15.2 Å². The van der Waals surface area contributed by atoms with Gasteiger partial charge in [0.25, 0.3) is 5.91 Å². The molecule has 138 valence electrons. The summed E-state index contributed by atoms with van der Waals surface area (Å²) in [5.74, 6) is -0.116. The smallest absolute Gasteiger partial charge is 0.381 e. The van der Waals surface area contributed by atoms with Crippen molar-refractivity contribution in [3.63, 3.8) is 0 Å².